The van der Waals surface area contributed by atoms with E-state index in [2.05, 4.69) is 20.9 Å². The summed E-state index contributed by atoms with van der Waals surface area (Å²) in [5.74, 6) is -0.125. The summed E-state index contributed by atoms with van der Waals surface area (Å²) < 4.78 is 0.714. The second-order valence-corrected chi connectivity index (χ2v) is 5.09. The van der Waals surface area contributed by atoms with Crippen molar-refractivity contribution in [2.45, 2.75) is 6.92 Å². The number of amides is 1. The molecule has 1 amide bonds. The third-order valence-corrected chi connectivity index (χ3v) is 4.01. The number of carbonyl (C=O) groups is 1. The largest absolute Gasteiger partial charge is 0.308 e. The van der Waals surface area contributed by atoms with E-state index in [-0.39, 0.29) is 5.91 Å². The lowest BCUT2D eigenvalue weighted by Crippen LogP contribution is -2.30. The summed E-state index contributed by atoms with van der Waals surface area (Å²) in [5.41, 5.74) is 1.29. The van der Waals surface area contributed by atoms with Crippen molar-refractivity contribution in [2.75, 3.05) is 11.4 Å². The number of aromatic nitrogens is 1. The van der Waals surface area contributed by atoms with Crippen LogP contribution in [0.1, 0.15) is 17.3 Å². The molecule has 0 saturated carbocycles. The zero-order valence-corrected chi connectivity index (χ0v) is 12.6. The summed E-state index contributed by atoms with van der Waals surface area (Å²) in [6, 6.07) is 8.92. The Hall–Kier alpha value is -1.39. The minimum Gasteiger partial charge on any atom is -0.308 e. The first-order valence-corrected chi connectivity index (χ1v) is 6.98. The molecule has 0 spiro atoms. The normalized spacial score (nSPS) is 10.3. The Morgan fingerprint density at radius 2 is 2.00 bits per heavy atom. The fraction of sp³-hybridized carbons (Fsp3) is 0.143. The molecule has 5 heteroatoms. The summed E-state index contributed by atoms with van der Waals surface area (Å²) >= 11 is 9.50. The number of rotatable bonds is 3. The van der Waals surface area contributed by atoms with Crippen molar-refractivity contribution in [1.82, 2.24) is 4.98 Å². The van der Waals surface area contributed by atoms with Gasteiger partial charge in [-0.15, -0.1) is 0 Å². The van der Waals surface area contributed by atoms with E-state index >= 15 is 0 Å². The molecule has 2 rings (SSSR count). The standard InChI is InChI=1S/C14H12BrClN2O/c1-2-18(10-6-8-17-9-7-10)14(19)11-4-3-5-12(15)13(11)16/h3-9H,2H2,1H3. The van der Waals surface area contributed by atoms with Gasteiger partial charge in [-0.2, -0.15) is 0 Å². The molecule has 1 aromatic carbocycles. The highest BCUT2D eigenvalue weighted by atomic mass is 79.9. The Bertz CT molecular complexity index is 589. The monoisotopic (exact) mass is 338 g/mol. The smallest absolute Gasteiger partial charge is 0.259 e. The Morgan fingerprint density at radius 1 is 1.32 bits per heavy atom. The van der Waals surface area contributed by atoms with Crippen LogP contribution in [0.2, 0.25) is 5.02 Å². The molecule has 98 valence electrons. The van der Waals surface area contributed by atoms with Gasteiger partial charge >= 0.3 is 0 Å². The van der Waals surface area contributed by atoms with Gasteiger partial charge in [0.2, 0.25) is 0 Å². The fourth-order valence-corrected chi connectivity index (χ4v) is 2.35. The number of carbonyl (C=O) groups excluding carboxylic acids is 1. The minimum absolute atomic E-state index is 0.125. The van der Waals surface area contributed by atoms with Crippen LogP contribution in [0.3, 0.4) is 0 Å². The molecule has 0 N–H and O–H groups in total. The van der Waals surface area contributed by atoms with Crippen LogP contribution in [0.5, 0.6) is 0 Å². The zero-order chi connectivity index (χ0) is 13.8. The topological polar surface area (TPSA) is 33.2 Å². The Balaban J connectivity index is 2.39. The lowest BCUT2D eigenvalue weighted by Gasteiger charge is -2.21. The van der Waals surface area contributed by atoms with Crippen LogP contribution in [0.15, 0.2) is 47.2 Å². The number of benzene rings is 1. The average molecular weight is 340 g/mol. The van der Waals surface area contributed by atoms with Crippen LogP contribution in [0, 0.1) is 0 Å². The first kappa shape index (κ1) is 14.0. The Labute approximate surface area is 125 Å². The number of nitrogens with zero attached hydrogens (tertiary/aromatic N) is 2. The van der Waals surface area contributed by atoms with E-state index in [4.69, 9.17) is 11.6 Å². The van der Waals surface area contributed by atoms with Crippen LogP contribution in [0.4, 0.5) is 5.69 Å². The maximum Gasteiger partial charge on any atom is 0.259 e. The molecule has 0 bridgehead atoms. The molecule has 3 nitrogen and oxygen atoms in total. The van der Waals surface area contributed by atoms with E-state index in [0.29, 0.717) is 21.6 Å². The van der Waals surface area contributed by atoms with Crippen molar-refractivity contribution >= 4 is 39.1 Å². The molecule has 0 saturated heterocycles. The molecule has 0 unspecified atom stereocenters. The summed E-state index contributed by atoms with van der Waals surface area (Å²) in [6.07, 6.45) is 3.32. The van der Waals surface area contributed by atoms with Gasteiger partial charge in [-0.3, -0.25) is 9.78 Å². The highest BCUT2D eigenvalue weighted by molar-refractivity contribution is 9.10. The van der Waals surface area contributed by atoms with Crippen LogP contribution in [0.25, 0.3) is 0 Å². The van der Waals surface area contributed by atoms with Gasteiger partial charge in [-0.05, 0) is 47.1 Å². The van der Waals surface area contributed by atoms with Crippen molar-refractivity contribution in [2.24, 2.45) is 0 Å². The molecule has 1 heterocycles. The van der Waals surface area contributed by atoms with Crippen molar-refractivity contribution in [3.05, 3.63) is 57.8 Å². The van der Waals surface area contributed by atoms with E-state index in [1.807, 2.05) is 13.0 Å². The van der Waals surface area contributed by atoms with Crippen LogP contribution < -0.4 is 4.90 Å². The Kier molecular flexibility index (Phi) is 4.56. The molecule has 0 atom stereocenters. The van der Waals surface area contributed by atoms with Gasteiger partial charge in [0.1, 0.15) is 0 Å². The molecule has 19 heavy (non-hydrogen) atoms. The zero-order valence-electron chi connectivity index (χ0n) is 10.3. The first-order valence-electron chi connectivity index (χ1n) is 5.81. The summed E-state index contributed by atoms with van der Waals surface area (Å²) in [4.78, 5) is 18.2. The third kappa shape index (κ3) is 2.96. The molecule has 0 aliphatic rings. The van der Waals surface area contributed by atoms with Crippen molar-refractivity contribution in [3.63, 3.8) is 0 Å². The lowest BCUT2D eigenvalue weighted by molar-refractivity contribution is 0.0988. The van der Waals surface area contributed by atoms with Crippen molar-refractivity contribution in [1.29, 1.82) is 0 Å². The van der Waals surface area contributed by atoms with Crippen LogP contribution >= 0.6 is 27.5 Å². The molecular formula is C14H12BrClN2O. The van der Waals surface area contributed by atoms with Gasteiger partial charge in [-0.25, -0.2) is 0 Å². The molecule has 0 aliphatic heterocycles. The predicted molar refractivity (Wildman–Crippen MR) is 80.7 cm³/mol. The van der Waals surface area contributed by atoms with Crippen molar-refractivity contribution < 1.29 is 4.79 Å². The fourth-order valence-electron chi connectivity index (χ4n) is 1.78. The van der Waals surface area contributed by atoms with Crippen molar-refractivity contribution in [3.8, 4) is 0 Å². The predicted octanol–water partition coefficient (Wildman–Crippen LogP) is 4.16. The van der Waals surface area contributed by atoms with Gasteiger partial charge in [0.15, 0.2) is 0 Å². The second kappa shape index (κ2) is 6.17. The molecule has 2 aromatic rings. The van der Waals surface area contributed by atoms with Gasteiger partial charge < -0.3 is 4.90 Å². The van der Waals surface area contributed by atoms with Crippen LogP contribution in [-0.4, -0.2) is 17.4 Å². The van der Waals surface area contributed by atoms with Gasteiger partial charge in [0, 0.05) is 29.1 Å². The second-order valence-electron chi connectivity index (χ2n) is 3.86. The molecular weight excluding hydrogens is 328 g/mol. The maximum absolute atomic E-state index is 12.5. The van der Waals surface area contributed by atoms with E-state index < -0.39 is 0 Å². The minimum atomic E-state index is -0.125. The quantitative estimate of drug-likeness (QED) is 0.841. The average Bonchev–Trinajstić information content (AvgIpc) is 2.44. The first-order chi connectivity index (χ1) is 9.15. The maximum atomic E-state index is 12.5. The molecule has 0 radical (unpaired) electrons. The number of pyridine rings is 1. The van der Waals surface area contributed by atoms with Gasteiger partial charge in [0.25, 0.3) is 5.91 Å². The SMILES string of the molecule is CCN(C(=O)c1cccc(Br)c1Cl)c1ccncc1. The summed E-state index contributed by atoms with van der Waals surface area (Å²) in [5, 5.41) is 0.431. The van der Waals surface area contributed by atoms with E-state index in [1.54, 1.807) is 41.6 Å². The lowest BCUT2D eigenvalue weighted by atomic mass is 10.2. The van der Waals surface area contributed by atoms with E-state index in [9.17, 15) is 4.79 Å². The third-order valence-electron chi connectivity index (χ3n) is 2.72. The number of halogens is 2. The van der Waals surface area contributed by atoms with Crippen LogP contribution in [-0.2, 0) is 0 Å². The number of hydrogen-bond donors (Lipinski definition) is 0. The molecule has 1 aromatic heterocycles. The summed E-state index contributed by atoms with van der Waals surface area (Å²) in [7, 11) is 0. The number of hydrogen-bond acceptors (Lipinski definition) is 2. The number of anilines is 1. The molecule has 0 fully saturated rings. The molecule has 0 aliphatic carbocycles. The van der Waals surface area contributed by atoms with Gasteiger partial charge in [0.05, 0.1) is 10.6 Å². The van der Waals surface area contributed by atoms with Gasteiger partial charge in [-0.1, -0.05) is 17.7 Å². The summed E-state index contributed by atoms with van der Waals surface area (Å²) in [6.45, 7) is 2.48. The Morgan fingerprint density at radius 3 is 2.63 bits per heavy atom. The highest BCUT2D eigenvalue weighted by Crippen LogP contribution is 2.28. The van der Waals surface area contributed by atoms with E-state index in [0.717, 1.165) is 5.69 Å². The highest BCUT2D eigenvalue weighted by Gasteiger charge is 2.19. The van der Waals surface area contributed by atoms with E-state index in [1.165, 1.54) is 0 Å².